The van der Waals surface area contributed by atoms with E-state index < -0.39 is 0 Å². The molecule has 1 aromatic rings. The molecule has 0 heterocycles. The molecule has 2 rings (SSSR count). The molecule has 122 valence electrons. The van der Waals surface area contributed by atoms with Crippen LogP contribution in [0.4, 0.5) is 4.79 Å². The van der Waals surface area contributed by atoms with E-state index in [9.17, 15) is 9.90 Å². The molecule has 5 heteroatoms. The minimum Gasteiger partial charge on any atom is -0.508 e. The highest BCUT2D eigenvalue weighted by Crippen LogP contribution is 2.26. The molecular weight excluding hydrogens is 280 g/mol. The number of hydrogen-bond donors (Lipinski definition) is 3. The molecule has 1 saturated carbocycles. The molecule has 0 saturated heterocycles. The second-order valence-corrected chi connectivity index (χ2v) is 6.12. The van der Waals surface area contributed by atoms with Crippen molar-refractivity contribution in [2.75, 3.05) is 20.2 Å². The molecule has 0 aromatic heterocycles. The second kappa shape index (κ2) is 8.03. The van der Waals surface area contributed by atoms with E-state index in [0.717, 1.165) is 31.2 Å². The highest BCUT2D eigenvalue weighted by molar-refractivity contribution is 5.74. The number of rotatable bonds is 5. The lowest BCUT2D eigenvalue weighted by atomic mass is 9.86. The van der Waals surface area contributed by atoms with Gasteiger partial charge >= 0.3 is 6.03 Å². The summed E-state index contributed by atoms with van der Waals surface area (Å²) in [7, 11) is 1.84. The van der Waals surface area contributed by atoms with Crippen molar-refractivity contribution in [3.8, 4) is 5.75 Å². The fraction of sp³-hybridized carbons (Fsp3) is 0.588. The van der Waals surface area contributed by atoms with E-state index in [1.165, 1.54) is 0 Å². The quantitative estimate of drug-likeness (QED) is 0.780. The summed E-state index contributed by atoms with van der Waals surface area (Å²) in [5.74, 6) is 0.653. The molecular formula is C17H26N2O3. The maximum atomic E-state index is 12.2. The van der Waals surface area contributed by atoms with E-state index in [4.69, 9.17) is 5.11 Å². The molecule has 1 fully saturated rings. The zero-order valence-corrected chi connectivity index (χ0v) is 13.2. The summed E-state index contributed by atoms with van der Waals surface area (Å²) in [6, 6.07) is 7.31. The van der Waals surface area contributed by atoms with Crippen LogP contribution < -0.4 is 5.32 Å². The van der Waals surface area contributed by atoms with Crippen LogP contribution in [-0.4, -0.2) is 47.4 Å². The highest BCUT2D eigenvalue weighted by atomic mass is 16.3. The molecule has 22 heavy (non-hydrogen) atoms. The van der Waals surface area contributed by atoms with Gasteiger partial charge in [-0.15, -0.1) is 0 Å². The van der Waals surface area contributed by atoms with Crippen LogP contribution in [0.15, 0.2) is 24.3 Å². The number of aliphatic hydroxyl groups is 1. The van der Waals surface area contributed by atoms with Gasteiger partial charge in [-0.2, -0.15) is 0 Å². The van der Waals surface area contributed by atoms with Gasteiger partial charge < -0.3 is 20.4 Å². The monoisotopic (exact) mass is 306 g/mol. The molecule has 5 nitrogen and oxygen atoms in total. The van der Waals surface area contributed by atoms with Crippen LogP contribution >= 0.6 is 0 Å². The molecule has 1 aromatic carbocycles. The molecule has 0 unspecified atom stereocenters. The Hall–Kier alpha value is -1.75. The fourth-order valence-electron chi connectivity index (χ4n) is 3.03. The number of carbonyl (C=O) groups is 1. The Morgan fingerprint density at radius 2 is 2.05 bits per heavy atom. The van der Waals surface area contributed by atoms with Crippen LogP contribution in [0.25, 0.3) is 0 Å². The number of carbonyl (C=O) groups excluding carboxylic acids is 1. The number of phenolic OH excluding ortho intramolecular Hbond substituents is 1. The fourth-order valence-corrected chi connectivity index (χ4v) is 3.03. The van der Waals surface area contributed by atoms with Crippen LogP contribution in [0, 0.1) is 5.92 Å². The van der Waals surface area contributed by atoms with Gasteiger partial charge in [-0.05, 0) is 55.7 Å². The second-order valence-electron chi connectivity index (χ2n) is 6.12. The van der Waals surface area contributed by atoms with Crippen LogP contribution in [0.5, 0.6) is 5.75 Å². The predicted octanol–water partition coefficient (Wildman–Crippen LogP) is 2.13. The first-order valence-electron chi connectivity index (χ1n) is 7.99. The van der Waals surface area contributed by atoms with Crippen molar-refractivity contribution in [2.45, 2.75) is 38.1 Å². The number of nitrogens with one attached hydrogen (secondary N) is 1. The minimum atomic E-state index is -0.0485. The topological polar surface area (TPSA) is 72.8 Å². The van der Waals surface area contributed by atoms with E-state index in [1.54, 1.807) is 23.1 Å². The van der Waals surface area contributed by atoms with E-state index >= 15 is 0 Å². The number of aromatic hydroxyl groups is 1. The molecule has 3 N–H and O–H groups in total. The van der Waals surface area contributed by atoms with Crippen molar-refractivity contribution in [1.82, 2.24) is 10.2 Å². The van der Waals surface area contributed by atoms with E-state index in [-0.39, 0.29) is 24.4 Å². The van der Waals surface area contributed by atoms with Crippen molar-refractivity contribution in [1.29, 1.82) is 0 Å². The molecule has 0 radical (unpaired) electrons. The third-order valence-corrected chi connectivity index (χ3v) is 4.54. The Morgan fingerprint density at radius 1 is 1.32 bits per heavy atom. The van der Waals surface area contributed by atoms with Gasteiger partial charge in [0, 0.05) is 26.2 Å². The largest absolute Gasteiger partial charge is 0.508 e. The van der Waals surface area contributed by atoms with Gasteiger partial charge in [0.1, 0.15) is 5.75 Å². The van der Waals surface area contributed by atoms with Gasteiger partial charge in [0.15, 0.2) is 0 Å². The van der Waals surface area contributed by atoms with Crippen molar-refractivity contribution in [3.63, 3.8) is 0 Å². The number of urea groups is 1. The van der Waals surface area contributed by atoms with Crippen molar-refractivity contribution < 1.29 is 15.0 Å². The van der Waals surface area contributed by atoms with Gasteiger partial charge in [-0.3, -0.25) is 0 Å². The summed E-state index contributed by atoms with van der Waals surface area (Å²) in [5, 5.41) is 21.5. The molecule has 0 aliphatic heterocycles. The summed E-state index contributed by atoms with van der Waals surface area (Å²) >= 11 is 0. The van der Waals surface area contributed by atoms with Gasteiger partial charge in [-0.25, -0.2) is 4.79 Å². The Bertz CT molecular complexity index is 485. The highest BCUT2D eigenvalue weighted by Gasteiger charge is 2.25. The number of hydrogen-bond acceptors (Lipinski definition) is 3. The van der Waals surface area contributed by atoms with Gasteiger partial charge in [0.05, 0.1) is 0 Å². The summed E-state index contributed by atoms with van der Waals surface area (Å²) < 4.78 is 0. The number of phenols is 1. The average Bonchev–Trinajstić information content (AvgIpc) is 2.54. The third-order valence-electron chi connectivity index (χ3n) is 4.54. The van der Waals surface area contributed by atoms with Gasteiger partial charge in [0.25, 0.3) is 0 Å². The zero-order chi connectivity index (χ0) is 15.9. The SMILES string of the molecule is CN(C(=O)NCCc1cccc(O)c1)C1CCC(CO)CC1. The average molecular weight is 306 g/mol. The molecule has 0 spiro atoms. The first kappa shape index (κ1) is 16.6. The van der Waals surface area contributed by atoms with E-state index in [2.05, 4.69) is 5.32 Å². The summed E-state index contributed by atoms with van der Waals surface area (Å²) in [6.07, 6.45) is 4.60. The van der Waals surface area contributed by atoms with Crippen molar-refractivity contribution in [2.24, 2.45) is 5.92 Å². The first-order valence-corrected chi connectivity index (χ1v) is 7.99. The Kier molecular flexibility index (Phi) is 6.07. The smallest absolute Gasteiger partial charge is 0.317 e. The Balaban J connectivity index is 1.72. The zero-order valence-electron chi connectivity index (χ0n) is 13.2. The molecule has 0 bridgehead atoms. The standard InChI is InChI=1S/C17H26N2O3/c1-19(15-7-5-14(12-20)6-8-15)17(22)18-10-9-13-3-2-4-16(21)11-13/h2-4,11,14-15,20-21H,5-10,12H2,1H3,(H,18,22). The van der Waals surface area contributed by atoms with Crippen LogP contribution in [-0.2, 0) is 6.42 Å². The lowest BCUT2D eigenvalue weighted by Crippen LogP contribution is -2.45. The number of aliphatic hydroxyl groups excluding tert-OH is 1. The molecule has 1 aliphatic rings. The first-order chi connectivity index (χ1) is 10.6. The van der Waals surface area contributed by atoms with Crippen LogP contribution in [0.1, 0.15) is 31.2 Å². The van der Waals surface area contributed by atoms with Crippen molar-refractivity contribution >= 4 is 6.03 Å². The van der Waals surface area contributed by atoms with Crippen LogP contribution in [0.3, 0.4) is 0 Å². The number of nitrogens with zero attached hydrogens (tertiary/aromatic N) is 1. The molecule has 1 aliphatic carbocycles. The van der Waals surface area contributed by atoms with Crippen LogP contribution in [0.2, 0.25) is 0 Å². The maximum Gasteiger partial charge on any atom is 0.317 e. The van der Waals surface area contributed by atoms with Gasteiger partial charge in [0.2, 0.25) is 0 Å². The van der Waals surface area contributed by atoms with E-state index in [0.29, 0.717) is 18.9 Å². The lowest BCUT2D eigenvalue weighted by molar-refractivity contribution is 0.134. The minimum absolute atomic E-state index is 0.0485. The predicted molar refractivity (Wildman–Crippen MR) is 85.8 cm³/mol. The molecule has 0 atom stereocenters. The number of benzene rings is 1. The number of amides is 2. The van der Waals surface area contributed by atoms with Crippen molar-refractivity contribution in [3.05, 3.63) is 29.8 Å². The lowest BCUT2D eigenvalue weighted by Gasteiger charge is -2.34. The van der Waals surface area contributed by atoms with Gasteiger partial charge in [-0.1, -0.05) is 12.1 Å². The maximum absolute atomic E-state index is 12.2. The third kappa shape index (κ3) is 4.63. The summed E-state index contributed by atoms with van der Waals surface area (Å²) in [5.41, 5.74) is 1.01. The Morgan fingerprint density at radius 3 is 2.68 bits per heavy atom. The normalized spacial score (nSPS) is 21.4. The van der Waals surface area contributed by atoms with E-state index in [1.807, 2.05) is 13.1 Å². The summed E-state index contributed by atoms with van der Waals surface area (Å²) in [4.78, 5) is 14.0. The Labute approximate surface area is 131 Å². The summed E-state index contributed by atoms with van der Waals surface area (Å²) in [6.45, 7) is 0.811. The molecule has 2 amide bonds.